The quantitative estimate of drug-likeness (QED) is 0.825. The predicted molar refractivity (Wildman–Crippen MR) is 57.7 cm³/mol. The summed E-state index contributed by atoms with van der Waals surface area (Å²) in [6.07, 6.45) is 3.39. The maximum Gasteiger partial charge on any atom is 0.250 e. The van der Waals surface area contributed by atoms with E-state index in [0.717, 1.165) is 11.4 Å². The average Bonchev–Trinajstić information content (AvgIpc) is 2.73. The van der Waals surface area contributed by atoms with Crippen LogP contribution in [-0.2, 0) is 13.6 Å². The van der Waals surface area contributed by atoms with E-state index >= 15 is 0 Å². The summed E-state index contributed by atoms with van der Waals surface area (Å²) in [5, 5.41) is 3.16. The third kappa shape index (κ3) is 2.28. The van der Waals surface area contributed by atoms with Crippen LogP contribution in [0, 0.1) is 0 Å². The zero-order valence-corrected chi connectivity index (χ0v) is 8.43. The van der Waals surface area contributed by atoms with Crippen LogP contribution in [0.4, 0.5) is 5.69 Å². The first kappa shape index (κ1) is 9.58. The Labute approximate surface area is 87.2 Å². The summed E-state index contributed by atoms with van der Waals surface area (Å²) in [6.45, 7) is 0.616. The SMILES string of the molecule is Cn1cc(NCc2ccco2)ccc1=O. The molecule has 0 aliphatic carbocycles. The van der Waals surface area contributed by atoms with E-state index in [1.165, 1.54) is 10.6 Å². The summed E-state index contributed by atoms with van der Waals surface area (Å²) >= 11 is 0. The Bertz CT molecular complexity index is 486. The summed E-state index contributed by atoms with van der Waals surface area (Å²) in [6, 6.07) is 7.03. The smallest absolute Gasteiger partial charge is 0.250 e. The largest absolute Gasteiger partial charge is 0.467 e. The number of nitrogens with one attached hydrogen (secondary N) is 1. The second kappa shape index (κ2) is 4.04. The Morgan fingerprint density at radius 2 is 2.27 bits per heavy atom. The van der Waals surface area contributed by atoms with Crippen molar-refractivity contribution in [2.75, 3.05) is 5.32 Å². The first-order chi connectivity index (χ1) is 7.25. The van der Waals surface area contributed by atoms with Crippen molar-refractivity contribution in [3.8, 4) is 0 Å². The highest BCUT2D eigenvalue weighted by Crippen LogP contribution is 2.06. The molecule has 0 saturated heterocycles. The van der Waals surface area contributed by atoms with Crippen molar-refractivity contribution < 1.29 is 4.42 Å². The van der Waals surface area contributed by atoms with Gasteiger partial charge in [0.1, 0.15) is 5.76 Å². The molecule has 15 heavy (non-hydrogen) atoms. The Hall–Kier alpha value is -1.97. The second-order valence-electron chi connectivity index (χ2n) is 3.30. The summed E-state index contributed by atoms with van der Waals surface area (Å²) in [7, 11) is 1.72. The molecule has 0 aromatic carbocycles. The highest BCUT2D eigenvalue weighted by atomic mass is 16.3. The lowest BCUT2D eigenvalue weighted by atomic mass is 10.4. The van der Waals surface area contributed by atoms with Gasteiger partial charge < -0.3 is 14.3 Å². The van der Waals surface area contributed by atoms with Gasteiger partial charge in [0.15, 0.2) is 0 Å². The molecule has 2 aromatic rings. The monoisotopic (exact) mass is 204 g/mol. The molecule has 0 aliphatic rings. The van der Waals surface area contributed by atoms with Crippen molar-refractivity contribution in [3.05, 3.63) is 52.8 Å². The third-order valence-electron chi connectivity index (χ3n) is 2.13. The summed E-state index contributed by atoms with van der Waals surface area (Å²) < 4.78 is 6.71. The minimum Gasteiger partial charge on any atom is -0.467 e. The minimum absolute atomic E-state index is 0.0152. The Balaban J connectivity index is 2.05. The molecule has 2 rings (SSSR count). The van der Waals surface area contributed by atoms with Crippen LogP contribution in [0.5, 0.6) is 0 Å². The number of aryl methyl sites for hydroxylation is 1. The Morgan fingerprint density at radius 3 is 2.93 bits per heavy atom. The number of rotatable bonds is 3. The first-order valence-corrected chi connectivity index (χ1v) is 4.68. The Morgan fingerprint density at radius 1 is 1.40 bits per heavy atom. The van der Waals surface area contributed by atoms with E-state index in [1.807, 2.05) is 12.1 Å². The zero-order valence-electron chi connectivity index (χ0n) is 8.43. The van der Waals surface area contributed by atoms with E-state index in [9.17, 15) is 4.79 Å². The van der Waals surface area contributed by atoms with Gasteiger partial charge in [-0.2, -0.15) is 0 Å². The number of anilines is 1. The molecular weight excluding hydrogens is 192 g/mol. The predicted octanol–water partition coefficient (Wildman–Crippen LogP) is 1.59. The maximum atomic E-state index is 11.1. The molecular formula is C11H12N2O2. The van der Waals surface area contributed by atoms with Crippen LogP contribution in [0.3, 0.4) is 0 Å². The average molecular weight is 204 g/mol. The van der Waals surface area contributed by atoms with E-state index in [2.05, 4.69) is 5.32 Å². The third-order valence-corrected chi connectivity index (χ3v) is 2.13. The number of nitrogens with zero attached hydrogens (tertiary/aromatic N) is 1. The lowest BCUT2D eigenvalue weighted by Crippen LogP contribution is -2.15. The molecule has 0 saturated carbocycles. The van der Waals surface area contributed by atoms with Crippen molar-refractivity contribution >= 4 is 5.69 Å². The highest BCUT2D eigenvalue weighted by molar-refractivity contribution is 5.40. The number of aromatic nitrogens is 1. The van der Waals surface area contributed by atoms with Crippen molar-refractivity contribution in [2.45, 2.75) is 6.54 Å². The molecule has 0 amide bonds. The van der Waals surface area contributed by atoms with Crippen LogP contribution in [0.1, 0.15) is 5.76 Å². The van der Waals surface area contributed by atoms with E-state index < -0.39 is 0 Å². The van der Waals surface area contributed by atoms with Gasteiger partial charge in [0.2, 0.25) is 5.56 Å². The highest BCUT2D eigenvalue weighted by Gasteiger charge is 1.97. The van der Waals surface area contributed by atoms with Crippen LogP contribution in [0.25, 0.3) is 0 Å². The van der Waals surface area contributed by atoms with Gasteiger partial charge in [0.05, 0.1) is 18.5 Å². The van der Waals surface area contributed by atoms with Gasteiger partial charge in [-0.1, -0.05) is 0 Å². The zero-order chi connectivity index (χ0) is 10.7. The van der Waals surface area contributed by atoms with E-state index in [0.29, 0.717) is 6.54 Å². The van der Waals surface area contributed by atoms with Gasteiger partial charge in [-0.25, -0.2) is 0 Å². The molecule has 4 heteroatoms. The molecule has 0 fully saturated rings. The van der Waals surface area contributed by atoms with Crippen LogP contribution in [0.15, 0.2) is 45.9 Å². The fraction of sp³-hybridized carbons (Fsp3) is 0.182. The molecule has 0 atom stereocenters. The van der Waals surface area contributed by atoms with E-state index in [1.54, 1.807) is 25.6 Å². The standard InChI is InChI=1S/C11H12N2O2/c1-13-8-9(4-5-11(13)14)12-7-10-3-2-6-15-10/h2-6,8,12H,7H2,1H3. The molecule has 4 nitrogen and oxygen atoms in total. The van der Waals surface area contributed by atoms with Gasteiger partial charge in [0.25, 0.3) is 0 Å². The normalized spacial score (nSPS) is 10.2. The fourth-order valence-electron chi connectivity index (χ4n) is 1.30. The van der Waals surface area contributed by atoms with Crippen LogP contribution in [0.2, 0.25) is 0 Å². The van der Waals surface area contributed by atoms with Crippen LogP contribution < -0.4 is 10.9 Å². The molecule has 0 spiro atoms. The van der Waals surface area contributed by atoms with Gasteiger partial charge in [0, 0.05) is 19.3 Å². The van der Waals surface area contributed by atoms with E-state index in [-0.39, 0.29) is 5.56 Å². The number of furan rings is 1. The first-order valence-electron chi connectivity index (χ1n) is 4.68. The van der Waals surface area contributed by atoms with Crippen LogP contribution in [-0.4, -0.2) is 4.57 Å². The van der Waals surface area contributed by atoms with Crippen molar-refractivity contribution in [1.29, 1.82) is 0 Å². The maximum absolute atomic E-state index is 11.1. The summed E-state index contributed by atoms with van der Waals surface area (Å²) in [5.74, 6) is 0.865. The molecule has 0 radical (unpaired) electrons. The second-order valence-corrected chi connectivity index (χ2v) is 3.30. The number of pyridine rings is 1. The molecule has 1 N–H and O–H groups in total. The van der Waals surface area contributed by atoms with Crippen molar-refractivity contribution in [2.24, 2.45) is 7.05 Å². The minimum atomic E-state index is -0.0152. The van der Waals surface area contributed by atoms with Crippen molar-refractivity contribution in [1.82, 2.24) is 4.57 Å². The number of hydrogen-bond acceptors (Lipinski definition) is 3. The molecule has 0 aliphatic heterocycles. The Kier molecular flexibility index (Phi) is 2.58. The molecule has 0 unspecified atom stereocenters. The van der Waals surface area contributed by atoms with Gasteiger partial charge in [-0.3, -0.25) is 4.79 Å². The lowest BCUT2D eigenvalue weighted by molar-refractivity contribution is 0.518. The topological polar surface area (TPSA) is 47.2 Å². The summed E-state index contributed by atoms with van der Waals surface area (Å²) in [4.78, 5) is 11.1. The molecule has 78 valence electrons. The molecule has 2 heterocycles. The summed E-state index contributed by atoms with van der Waals surface area (Å²) in [5.41, 5.74) is 0.882. The number of hydrogen-bond donors (Lipinski definition) is 1. The van der Waals surface area contributed by atoms with Gasteiger partial charge in [-0.05, 0) is 18.2 Å². The van der Waals surface area contributed by atoms with E-state index in [4.69, 9.17) is 4.42 Å². The van der Waals surface area contributed by atoms with Gasteiger partial charge >= 0.3 is 0 Å². The fourth-order valence-corrected chi connectivity index (χ4v) is 1.30. The van der Waals surface area contributed by atoms with Gasteiger partial charge in [-0.15, -0.1) is 0 Å². The molecule has 0 bridgehead atoms. The molecule has 2 aromatic heterocycles. The lowest BCUT2D eigenvalue weighted by Gasteiger charge is -2.05. The van der Waals surface area contributed by atoms with Crippen molar-refractivity contribution in [3.63, 3.8) is 0 Å². The van der Waals surface area contributed by atoms with Crippen LogP contribution >= 0.6 is 0 Å².